The molecule has 2 N–H and O–H groups in total. The Morgan fingerprint density at radius 2 is 1.86 bits per heavy atom. The molecule has 0 aromatic heterocycles. The summed E-state index contributed by atoms with van der Waals surface area (Å²) in [5, 5.41) is 6.19. The topological polar surface area (TPSA) is 50.4 Å². The summed E-state index contributed by atoms with van der Waals surface area (Å²) in [4.78, 5) is 11.9. The number of urea groups is 1. The number of amides is 2. The lowest BCUT2D eigenvalue weighted by molar-refractivity contribution is 0.104. The molecule has 116 valence electrons. The SMILES string of the molecule is COC(CNC(=O)Nc1ccc(C)cc1)c1ccccc1Cl. The summed E-state index contributed by atoms with van der Waals surface area (Å²) in [5.74, 6) is 0. The number of aryl methyl sites for hydroxylation is 1. The zero-order chi connectivity index (χ0) is 15.9. The molecule has 0 aliphatic heterocycles. The Morgan fingerprint density at radius 1 is 1.18 bits per heavy atom. The highest BCUT2D eigenvalue weighted by molar-refractivity contribution is 6.31. The number of carbonyl (C=O) groups is 1. The fraction of sp³-hybridized carbons (Fsp3) is 0.235. The van der Waals surface area contributed by atoms with Crippen molar-refractivity contribution < 1.29 is 9.53 Å². The van der Waals surface area contributed by atoms with Gasteiger partial charge in [-0.25, -0.2) is 4.79 Å². The molecule has 0 radical (unpaired) electrons. The fourth-order valence-electron chi connectivity index (χ4n) is 2.05. The average Bonchev–Trinajstić information content (AvgIpc) is 2.52. The molecule has 2 aromatic rings. The quantitative estimate of drug-likeness (QED) is 0.869. The third kappa shape index (κ3) is 4.48. The summed E-state index contributed by atoms with van der Waals surface area (Å²) >= 11 is 6.15. The summed E-state index contributed by atoms with van der Waals surface area (Å²) in [7, 11) is 1.59. The van der Waals surface area contributed by atoms with E-state index in [0.29, 0.717) is 11.6 Å². The number of halogens is 1. The molecule has 0 heterocycles. The minimum atomic E-state index is -0.294. The summed E-state index contributed by atoms with van der Waals surface area (Å²) < 4.78 is 5.41. The van der Waals surface area contributed by atoms with Crippen LogP contribution < -0.4 is 10.6 Å². The van der Waals surface area contributed by atoms with E-state index in [1.54, 1.807) is 13.2 Å². The normalized spacial score (nSPS) is 11.8. The highest BCUT2D eigenvalue weighted by Gasteiger charge is 2.14. The first-order valence-corrected chi connectivity index (χ1v) is 7.36. The van der Waals surface area contributed by atoms with Crippen LogP contribution in [0, 0.1) is 6.92 Å². The largest absolute Gasteiger partial charge is 0.375 e. The van der Waals surface area contributed by atoms with Crippen LogP contribution in [0.5, 0.6) is 0 Å². The van der Waals surface area contributed by atoms with Crippen molar-refractivity contribution in [1.29, 1.82) is 0 Å². The molecule has 0 saturated heterocycles. The van der Waals surface area contributed by atoms with Crippen LogP contribution in [-0.2, 0) is 4.74 Å². The first kappa shape index (κ1) is 16.3. The fourth-order valence-corrected chi connectivity index (χ4v) is 2.31. The lowest BCUT2D eigenvalue weighted by Crippen LogP contribution is -2.33. The molecule has 2 amide bonds. The maximum atomic E-state index is 11.9. The van der Waals surface area contributed by atoms with Crippen LogP contribution in [0.25, 0.3) is 0 Å². The maximum Gasteiger partial charge on any atom is 0.319 e. The molecular formula is C17H19ClN2O2. The second-order valence-electron chi connectivity index (χ2n) is 4.95. The van der Waals surface area contributed by atoms with Gasteiger partial charge in [0.2, 0.25) is 0 Å². The number of carbonyl (C=O) groups excluding carboxylic acids is 1. The average molecular weight is 319 g/mol. The molecule has 0 saturated carbocycles. The van der Waals surface area contributed by atoms with Gasteiger partial charge in [0.15, 0.2) is 0 Å². The predicted octanol–water partition coefficient (Wildman–Crippen LogP) is 4.16. The molecular weight excluding hydrogens is 300 g/mol. The van der Waals surface area contributed by atoms with Crippen molar-refractivity contribution in [2.45, 2.75) is 13.0 Å². The minimum absolute atomic E-state index is 0.280. The molecule has 22 heavy (non-hydrogen) atoms. The molecule has 0 bridgehead atoms. The lowest BCUT2D eigenvalue weighted by Gasteiger charge is -2.18. The highest BCUT2D eigenvalue weighted by Crippen LogP contribution is 2.24. The first-order valence-electron chi connectivity index (χ1n) is 6.99. The van der Waals surface area contributed by atoms with Crippen molar-refractivity contribution in [3.63, 3.8) is 0 Å². The van der Waals surface area contributed by atoms with Crippen LogP contribution in [0.2, 0.25) is 5.02 Å². The number of hydrogen-bond acceptors (Lipinski definition) is 2. The van der Waals surface area contributed by atoms with E-state index in [2.05, 4.69) is 10.6 Å². The van der Waals surface area contributed by atoms with Crippen LogP contribution >= 0.6 is 11.6 Å². The van der Waals surface area contributed by atoms with Crippen LogP contribution in [0.1, 0.15) is 17.2 Å². The number of methoxy groups -OCH3 is 1. The summed E-state index contributed by atoms with van der Waals surface area (Å²) in [6.07, 6.45) is -0.294. The van der Waals surface area contributed by atoms with Crippen molar-refractivity contribution in [1.82, 2.24) is 5.32 Å². The Hall–Kier alpha value is -2.04. The van der Waals surface area contributed by atoms with Crippen LogP contribution in [0.3, 0.4) is 0 Å². The Bertz CT molecular complexity index is 629. The van der Waals surface area contributed by atoms with E-state index in [4.69, 9.17) is 16.3 Å². The van der Waals surface area contributed by atoms with E-state index >= 15 is 0 Å². The van der Waals surface area contributed by atoms with E-state index in [1.165, 1.54) is 0 Å². The van der Waals surface area contributed by atoms with E-state index < -0.39 is 0 Å². The van der Waals surface area contributed by atoms with Gasteiger partial charge >= 0.3 is 6.03 Å². The van der Waals surface area contributed by atoms with Crippen molar-refractivity contribution >= 4 is 23.3 Å². The molecule has 0 aliphatic carbocycles. The standard InChI is InChI=1S/C17H19ClN2O2/c1-12-7-9-13(10-8-12)20-17(21)19-11-16(22-2)14-5-3-4-6-15(14)18/h3-10,16H,11H2,1-2H3,(H2,19,20,21). The van der Waals surface area contributed by atoms with Gasteiger partial charge in [-0.15, -0.1) is 0 Å². The molecule has 1 atom stereocenters. The summed E-state index contributed by atoms with van der Waals surface area (Å²) in [5.41, 5.74) is 2.74. The van der Waals surface area contributed by atoms with E-state index in [-0.39, 0.29) is 12.1 Å². The van der Waals surface area contributed by atoms with Crippen LogP contribution in [0.15, 0.2) is 48.5 Å². The van der Waals surface area contributed by atoms with Gasteiger partial charge in [-0.1, -0.05) is 47.5 Å². The van der Waals surface area contributed by atoms with Crippen molar-refractivity contribution in [3.05, 3.63) is 64.7 Å². The van der Waals surface area contributed by atoms with Crippen LogP contribution in [-0.4, -0.2) is 19.7 Å². The molecule has 1 unspecified atom stereocenters. The molecule has 2 aromatic carbocycles. The van der Waals surface area contributed by atoms with Gasteiger partial charge in [-0.2, -0.15) is 0 Å². The number of hydrogen-bond donors (Lipinski definition) is 2. The summed E-state index contributed by atoms with van der Waals surface area (Å²) in [6, 6.07) is 14.8. The predicted molar refractivity (Wildman–Crippen MR) is 89.4 cm³/mol. The van der Waals surface area contributed by atoms with Gasteiger partial charge in [-0.3, -0.25) is 0 Å². The van der Waals surface area contributed by atoms with Gasteiger partial charge in [0.25, 0.3) is 0 Å². The molecule has 0 fully saturated rings. The van der Waals surface area contributed by atoms with Crippen LogP contribution in [0.4, 0.5) is 10.5 Å². The first-order chi connectivity index (χ1) is 10.6. The zero-order valence-electron chi connectivity index (χ0n) is 12.6. The molecule has 4 nitrogen and oxygen atoms in total. The highest BCUT2D eigenvalue weighted by atomic mass is 35.5. The number of anilines is 1. The van der Waals surface area contributed by atoms with Crippen molar-refractivity contribution in [2.24, 2.45) is 0 Å². The Kier molecular flexibility index (Phi) is 5.81. The molecule has 0 spiro atoms. The van der Waals surface area contributed by atoms with Gasteiger partial charge in [-0.05, 0) is 25.1 Å². The molecule has 2 rings (SSSR count). The van der Waals surface area contributed by atoms with Crippen molar-refractivity contribution in [2.75, 3.05) is 19.0 Å². The molecule has 5 heteroatoms. The van der Waals surface area contributed by atoms with Gasteiger partial charge in [0, 0.05) is 29.9 Å². The Morgan fingerprint density at radius 3 is 2.50 bits per heavy atom. The molecule has 0 aliphatic rings. The summed E-state index contributed by atoms with van der Waals surface area (Å²) in [6.45, 7) is 2.33. The monoisotopic (exact) mass is 318 g/mol. The number of rotatable bonds is 5. The number of benzene rings is 2. The van der Waals surface area contributed by atoms with E-state index in [9.17, 15) is 4.79 Å². The van der Waals surface area contributed by atoms with E-state index in [1.807, 2.05) is 49.4 Å². The Labute approximate surface area is 135 Å². The van der Waals surface area contributed by atoms with Gasteiger partial charge in [0.05, 0.1) is 0 Å². The second kappa shape index (κ2) is 7.82. The third-order valence-corrected chi connectivity index (χ3v) is 3.64. The van der Waals surface area contributed by atoms with E-state index in [0.717, 1.165) is 16.8 Å². The zero-order valence-corrected chi connectivity index (χ0v) is 13.4. The lowest BCUT2D eigenvalue weighted by atomic mass is 10.1. The third-order valence-electron chi connectivity index (χ3n) is 3.29. The number of ether oxygens (including phenoxy) is 1. The smallest absolute Gasteiger partial charge is 0.319 e. The second-order valence-corrected chi connectivity index (χ2v) is 5.35. The van der Waals surface area contributed by atoms with Gasteiger partial charge in [0.1, 0.15) is 6.10 Å². The minimum Gasteiger partial charge on any atom is -0.375 e. The van der Waals surface area contributed by atoms with Crippen molar-refractivity contribution in [3.8, 4) is 0 Å². The number of nitrogens with one attached hydrogen (secondary N) is 2. The maximum absolute atomic E-state index is 11.9. The Balaban J connectivity index is 1.91. The van der Waals surface area contributed by atoms with Gasteiger partial charge < -0.3 is 15.4 Å².